The molecule has 0 radical (unpaired) electrons. The predicted octanol–water partition coefficient (Wildman–Crippen LogP) is 5.32. The molecule has 0 atom stereocenters. The maximum absolute atomic E-state index is 15.6. The Bertz CT molecular complexity index is 1870. The molecule has 3 heterocycles. The molecule has 204 valence electrons. The van der Waals surface area contributed by atoms with Crippen LogP contribution in [-0.4, -0.2) is 25.1 Å². The quantitative estimate of drug-likeness (QED) is 0.306. The van der Waals surface area contributed by atoms with Gasteiger partial charge in [-0.05, 0) is 74.2 Å². The van der Waals surface area contributed by atoms with Crippen molar-refractivity contribution in [3.63, 3.8) is 0 Å². The highest BCUT2D eigenvalue weighted by atomic mass is 19.1. The smallest absolute Gasteiger partial charge is 0.267 e. The Morgan fingerprint density at radius 1 is 1.02 bits per heavy atom. The van der Waals surface area contributed by atoms with Gasteiger partial charge in [-0.3, -0.25) is 14.2 Å². The Hall–Kier alpha value is -5.30. The second-order valence-electron chi connectivity index (χ2n) is 10.1. The number of para-hydroxylation sites is 1. The Morgan fingerprint density at radius 2 is 1.80 bits per heavy atom. The van der Waals surface area contributed by atoms with E-state index < -0.39 is 17.3 Å². The van der Waals surface area contributed by atoms with Crippen molar-refractivity contribution in [2.45, 2.75) is 31.6 Å². The number of aromatic nitrogens is 4. The molecule has 2 aromatic carbocycles. The zero-order chi connectivity index (χ0) is 28.5. The molecule has 6 rings (SSSR count). The summed E-state index contributed by atoms with van der Waals surface area (Å²) in [7, 11) is 0. The van der Waals surface area contributed by atoms with E-state index in [2.05, 4.69) is 21.5 Å². The SMILES string of the molecule is N#CC1CCC(c2cc(-c3ccc(NC(=O)c4cccn(-c5ccccc5)c4=O)cc3F)c3c(N)ncnn23)CC1. The maximum Gasteiger partial charge on any atom is 0.267 e. The van der Waals surface area contributed by atoms with Gasteiger partial charge >= 0.3 is 0 Å². The second-order valence-corrected chi connectivity index (χ2v) is 10.1. The van der Waals surface area contributed by atoms with Crippen LogP contribution in [-0.2, 0) is 0 Å². The van der Waals surface area contributed by atoms with Gasteiger partial charge in [-0.1, -0.05) is 18.2 Å². The minimum Gasteiger partial charge on any atom is -0.382 e. The number of nitrogens with one attached hydrogen (secondary N) is 1. The van der Waals surface area contributed by atoms with Crippen LogP contribution in [0.15, 0.2) is 84.0 Å². The van der Waals surface area contributed by atoms with Crippen molar-refractivity contribution < 1.29 is 9.18 Å². The van der Waals surface area contributed by atoms with Crippen LogP contribution in [0.4, 0.5) is 15.9 Å². The molecule has 41 heavy (non-hydrogen) atoms. The van der Waals surface area contributed by atoms with E-state index >= 15 is 4.39 Å². The highest BCUT2D eigenvalue weighted by molar-refractivity contribution is 6.04. The van der Waals surface area contributed by atoms with Crippen molar-refractivity contribution in [3.05, 3.63) is 107 Å². The van der Waals surface area contributed by atoms with Gasteiger partial charge in [0.1, 0.15) is 23.2 Å². The standard InChI is InChI=1S/C31H26FN7O2/c32-26-15-21(37-30(40)24-7-4-14-38(31(24)41)22-5-2-1-3-6-22)12-13-23(26)25-16-27(20-10-8-19(17-33)9-11-20)39-28(25)29(34)35-18-36-39/h1-7,12-16,18-20H,8-11H2,(H,37,40)(H2,34,35,36). The molecular weight excluding hydrogens is 521 g/mol. The van der Waals surface area contributed by atoms with Crippen LogP contribution in [0.1, 0.15) is 47.7 Å². The summed E-state index contributed by atoms with van der Waals surface area (Å²) < 4.78 is 18.7. The second kappa shape index (κ2) is 10.7. The molecule has 1 aliphatic carbocycles. The Labute approximate surface area is 234 Å². The predicted molar refractivity (Wildman–Crippen MR) is 153 cm³/mol. The fraction of sp³-hybridized carbons (Fsp3) is 0.194. The Balaban J connectivity index is 1.30. The molecule has 3 N–H and O–H groups in total. The monoisotopic (exact) mass is 547 g/mol. The molecule has 1 aliphatic rings. The largest absolute Gasteiger partial charge is 0.382 e. The number of amides is 1. The third kappa shape index (κ3) is 4.82. The van der Waals surface area contributed by atoms with Gasteiger partial charge in [0, 0.05) is 46.2 Å². The molecule has 0 unspecified atom stereocenters. The average Bonchev–Trinajstić information content (AvgIpc) is 3.38. The van der Waals surface area contributed by atoms with Crippen LogP contribution in [0.25, 0.3) is 22.3 Å². The number of halogens is 1. The number of hydrogen-bond donors (Lipinski definition) is 2. The van der Waals surface area contributed by atoms with E-state index in [1.54, 1.807) is 53.2 Å². The number of nitrogens with zero attached hydrogens (tertiary/aromatic N) is 5. The van der Waals surface area contributed by atoms with Gasteiger partial charge in [-0.15, -0.1) is 0 Å². The fourth-order valence-electron chi connectivity index (χ4n) is 5.58. The Morgan fingerprint density at radius 3 is 2.54 bits per heavy atom. The van der Waals surface area contributed by atoms with E-state index in [4.69, 9.17) is 5.73 Å². The first-order valence-electron chi connectivity index (χ1n) is 13.3. The zero-order valence-corrected chi connectivity index (χ0v) is 22.0. The number of hydrogen-bond acceptors (Lipinski definition) is 6. The fourth-order valence-corrected chi connectivity index (χ4v) is 5.58. The summed E-state index contributed by atoms with van der Waals surface area (Å²) in [5.74, 6) is -0.790. The third-order valence-corrected chi connectivity index (χ3v) is 7.68. The van der Waals surface area contributed by atoms with Gasteiger partial charge in [0.2, 0.25) is 0 Å². The van der Waals surface area contributed by atoms with Crippen LogP contribution >= 0.6 is 0 Å². The molecule has 9 nitrogen and oxygen atoms in total. The van der Waals surface area contributed by atoms with Crippen molar-refractivity contribution in [1.82, 2.24) is 19.2 Å². The van der Waals surface area contributed by atoms with Crippen molar-refractivity contribution in [1.29, 1.82) is 5.26 Å². The number of nitriles is 1. The molecule has 1 fully saturated rings. The third-order valence-electron chi connectivity index (χ3n) is 7.68. The van der Waals surface area contributed by atoms with Crippen molar-refractivity contribution >= 4 is 22.9 Å². The van der Waals surface area contributed by atoms with Gasteiger partial charge in [0.05, 0.1) is 6.07 Å². The lowest BCUT2D eigenvalue weighted by Gasteiger charge is -2.24. The summed E-state index contributed by atoms with van der Waals surface area (Å²) in [6.45, 7) is 0. The number of carbonyl (C=O) groups is 1. The van der Waals surface area contributed by atoms with E-state index in [0.717, 1.165) is 31.4 Å². The first-order chi connectivity index (χ1) is 19.9. The van der Waals surface area contributed by atoms with Crippen molar-refractivity contribution in [3.8, 4) is 22.9 Å². The first-order valence-corrected chi connectivity index (χ1v) is 13.3. The average molecular weight is 548 g/mol. The molecule has 0 aliphatic heterocycles. The summed E-state index contributed by atoms with van der Waals surface area (Å²) in [5, 5.41) is 16.3. The van der Waals surface area contributed by atoms with Crippen LogP contribution in [0.2, 0.25) is 0 Å². The number of pyridine rings is 1. The zero-order valence-electron chi connectivity index (χ0n) is 22.0. The highest BCUT2D eigenvalue weighted by Crippen LogP contribution is 2.40. The van der Waals surface area contributed by atoms with E-state index in [1.165, 1.54) is 23.0 Å². The summed E-state index contributed by atoms with van der Waals surface area (Å²) >= 11 is 0. The number of benzene rings is 2. The van der Waals surface area contributed by atoms with Crippen LogP contribution in [0.3, 0.4) is 0 Å². The molecule has 1 amide bonds. The molecule has 0 bridgehead atoms. The maximum atomic E-state index is 15.6. The summed E-state index contributed by atoms with van der Waals surface area (Å²) in [6, 6.07) is 20.6. The minimum absolute atomic E-state index is 0.0499. The van der Waals surface area contributed by atoms with Crippen molar-refractivity contribution in [2.75, 3.05) is 11.1 Å². The van der Waals surface area contributed by atoms with E-state index in [1.807, 2.05) is 12.1 Å². The summed E-state index contributed by atoms with van der Waals surface area (Å²) in [6.07, 6.45) is 6.21. The molecule has 3 aromatic heterocycles. The van der Waals surface area contributed by atoms with Gasteiger partial charge in [0.15, 0.2) is 5.82 Å². The van der Waals surface area contributed by atoms with Crippen molar-refractivity contribution in [2.24, 2.45) is 5.92 Å². The van der Waals surface area contributed by atoms with Gasteiger partial charge in [0.25, 0.3) is 11.5 Å². The van der Waals surface area contributed by atoms with Gasteiger partial charge in [-0.2, -0.15) is 10.4 Å². The number of fused-ring (bicyclic) bond motifs is 1. The number of carbonyl (C=O) groups excluding carboxylic acids is 1. The van der Waals surface area contributed by atoms with E-state index in [-0.39, 0.29) is 34.5 Å². The molecule has 0 spiro atoms. The van der Waals surface area contributed by atoms with E-state index in [9.17, 15) is 14.9 Å². The van der Waals surface area contributed by atoms with Crippen LogP contribution in [0.5, 0.6) is 0 Å². The highest BCUT2D eigenvalue weighted by Gasteiger charge is 2.27. The number of rotatable bonds is 5. The lowest BCUT2D eigenvalue weighted by molar-refractivity contribution is 0.102. The first kappa shape index (κ1) is 26.0. The lowest BCUT2D eigenvalue weighted by Crippen LogP contribution is -2.27. The number of nitrogens with two attached hydrogens (primary N) is 1. The number of nitrogen functional groups attached to an aromatic ring is 1. The molecule has 10 heteroatoms. The summed E-state index contributed by atoms with van der Waals surface area (Å²) in [4.78, 5) is 30.2. The van der Waals surface area contributed by atoms with Crippen LogP contribution in [0, 0.1) is 23.1 Å². The topological polar surface area (TPSA) is 131 Å². The minimum atomic E-state index is -0.644. The Kier molecular flexibility index (Phi) is 6.77. The van der Waals surface area contributed by atoms with Gasteiger partial charge in [-0.25, -0.2) is 13.9 Å². The normalized spacial score (nSPS) is 16.8. The molecule has 1 saturated carbocycles. The lowest BCUT2D eigenvalue weighted by atomic mass is 9.81. The summed E-state index contributed by atoms with van der Waals surface area (Å²) in [5.41, 5.74) is 8.74. The van der Waals surface area contributed by atoms with E-state index in [0.29, 0.717) is 16.8 Å². The van der Waals surface area contributed by atoms with Crippen LogP contribution < -0.4 is 16.6 Å². The van der Waals surface area contributed by atoms with Gasteiger partial charge < -0.3 is 11.1 Å². The number of anilines is 2. The molecular formula is C31H26FN7O2. The molecule has 5 aromatic rings. The molecule has 0 saturated heterocycles.